The van der Waals surface area contributed by atoms with Gasteiger partial charge in [0, 0.05) is 28.3 Å². The molecule has 4 aromatic rings. The fourth-order valence-electron chi connectivity index (χ4n) is 3.22. The average molecular weight is 450 g/mol. The number of aryl methyl sites for hydroxylation is 1. The first-order valence-electron chi connectivity index (χ1n) is 9.57. The van der Waals surface area contributed by atoms with Crippen LogP contribution in [0.15, 0.2) is 75.9 Å². The van der Waals surface area contributed by atoms with Crippen LogP contribution in [0.3, 0.4) is 0 Å². The van der Waals surface area contributed by atoms with Crippen molar-refractivity contribution in [2.45, 2.75) is 6.92 Å². The molecule has 8 heteroatoms. The van der Waals surface area contributed by atoms with Gasteiger partial charge in [0.05, 0.1) is 10.3 Å². The molecule has 1 heterocycles. The van der Waals surface area contributed by atoms with E-state index in [0.29, 0.717) is 21.6 Å². The smallest absolute Gasteiger partial charge is 0.270 e. The molecule has 0 fully saturated rings. The number of hydrogen-bond acceptors (Lipinski definition) is 6. The minimum absolute atomic E-state index is 0.105. The molecule has 0 radical (unpaired) electrons. The topological polar surface area (TPSA) is 99.7 Å². The van der Waals surface area contributed by atoms with E-state index in [2.05, 4.69) is 0 Å². The van der Waals surface area contributed by atoms with Gasteiger partial charge in [-0.2, -0.15) is 0 Å². The van der Waals surface area contributed by atoms with Crippen molar-refractivity contribution in [1.29, 1.82) is 0 Å². The number of non-ortho nitro benzene ring substituents is 1. The highest BCUT2D eigenvalue weighted by atomic mass is 35.5. The Morgan fingerprint density at radius 2 is 1.84 bits per heavy atom. The third-order valence-corrected chi connectivity index (χ3v) is 5.09. The number of rotatable bonds is 6. The predicted molar refractivity (Wildman–Crippen MR) is 121 cm³/mol. The van der Waals surface area contributed by atoms with E-state index < -0.39 is 22.7 Å². The number of nitrogens with zero attached hydrogens (tertiary/aromatic N) is 1. The number of Topliss-reactive ketones (excluding diaryl/α,β-unsaturated/α-hetero) is 1. The second-order valence-electron chi connectivity index (χ2n) is 7.12. The van der Waals surface area contributed by atoms with Crippen LogP contribution in [0.5, 0.6) is 5.75 Å². The standard InChI is InChI=1S/C24H16ClNO6/c1-14-5-10-19-21(11-14)32-23(15-6-8-17(25)9-7-15)24(22(19)28)31-13-20(27)16-3-2-4-18(12-16)26(29)30/h2-12H,13H2,1H3. The number of carbonyl (C=O) groups excluding carboxylic acids is 1. The lowest BCUT2D eigenvalue weighted by Crippen LogP contribution is -2.17. The van der Waals surface area contributed by atoms with Crippen LogP contribution in [0, 0.1) is 17.0 Å². The summed E-state index contributed by atoms with van der Waals surface area (Å²) in [6, 6.07) is 17.1. The molecule has 0 bridgehead atoms. The lowest BCUT2D eigenvalue weighted by atomic mass is 10.1. The second kappa shape index (κ2) is 8.64. The van der Waals surface area contributed by atoms with Crippen molar-refractivity contribution in [3.05, 3.63) is 103 Å². The van der Waals surface area contributed by atoms with Crippen LogP contribution in [0.25, 0.3) is 22.3 Å². The van der Waals surface area contributed by atoms with E-state index in [9.17, 15) is 19.7 Å². The zero-order chi connectivity index (χ0) is 22.8. The number of halogens is 1. The van der Waals surface area contributed by atoms with E-state index in [4.69, 9.17) is 20.8 Å². The van der Waals surface area contributed by atoms with Crippen molar-refractivity contribution in [2.75, 3.05) is 6.61 Å². The fraction of sp³-hybridized carbons (Fsp3) is 0.0833. The molecule has 0 spiro atoms. The Hall–Kier alpha value is -3.97. The van der Waals surface area contributed by atoms with Crippen molar-refractivity contribution < 1.29 is 18.9 Å². The minimum Gasteiger partial charge on any atom is -0.478 e. The molecule has 160 valence electrons. The van der Waals surface area contributed by atoms with Crippen molar-refractivity contribution in [2.24, 2.45) is 0 Å². The summed E-state index contributed by atoms with van der Waals surface area (Å²) >= 11 is 5.98. The zero-order valence-electron chi connectivity index (χ0n) is 16.8. The van der Waals surface area contributed by atoms with Gasteiger partial charge in [0.15, 0.2) is 18.2 Å². The van der Waals surface area contributed by atoms with Crippen LogP contribution in [-0.2, 0) is 0 Å². The Balaban J connectivity index is 1.75. The van der Waals surface area contributed by atoms with E-state index in [0.717, 1.165) is 11.6 Å². The van der Waals surface area contributed by atoms with E-state index in [1.807, 2.05) is 6.92 Å². The monoisotopic (exact) mass is 449 g/mol. The summed E-state index contributed by atoms with van der Waals surface area (Å²) in [4.78, 5) is 36.2. The van der Waals surface area contributed by atoms with Gasteiger partial charge in [-0.25, -0.2) is 0 Å². The Kier molecular flexibility index (Phi) is 5.75. The highest BCUT2D eigenvalue weighted by molar-refractivity contribution is 6.30. The number of fused-ring (bicyclic) bond motifs is 1. The predicted octanol–water partition coefficient (Wildman–Crippen LogP) is 5.59. The van der Waals surface area contributed by atoms with Crippen molar-refractivity contribution in [3.63, 3.8) is 0 Å². The van der Waals surface area contributed by atoms with Crippen LogP contribution in [0.4, 0.5) is 5.69 Å². The number of ether oxygens (including phenoxy) is 1. The molecule has 0 saturated carbocycles. The highest BCUT2D eigenvalue weighted by Gasteiger charge is 2.20. The fourth-order valence-corrected chi connectivity index (χ4v) is 3.35. The summed E-state index contributed by atoms with van der Waals surface area (Å²) in [6.07, 6.45) is 0. The van der Waals surface area contributed by atoms with Gasteiger partial charge in [-0.05, 0) is 48.9 Å². The molecule has 0 aliphatic rings. The SMILES string of the molecule is Cc1ccc2c(=O)c(OCC(=O)c3cccc([N+](=O)[O-])c3)c(-c3ccc(Cl)cc3)oc2c1. The van der Waals surface area contributed by atoms with Crippen LogP contribution in [-0.4, -0.2) is 17.3 Å². The summed E-state index contributed by atoms with van der Waals surface area (Å²) in [5.41, 5.74) is 1.32. The first-order chi connectivity index (χ1) is 15.3. The molecule has 0 aliphatic carbocycles. The summed E-state index contributed by atoms with van der Waals surface area (Å²) in [7, 11) is 0. The third-order valence-electron chi connectivity index (χ3n) is 4.84. The van der Waals surface area contributed by atoms with Crippen LogP contribution < -0.4 is 10.2 Å². The molecule has 0 atom stereocenters. The van der Waals surface area contributed by atoms with Crippen molar-refractivity contribution in [1.82, 2.24) is 0 Å². The Morgan fingerprint density at radius 1 is 1.09 bits per heavy atom. The molecule has 0 aliphatic heterocycles. The molecular formula is C24H16ClNO6. The molecule has 0 N–H and O–H groups in total. The maximum absolute atomic E-state index is 13.2. The average Bonchev–Trinajstić information content (AvgIpc) is 2.78. The van der Waals surface area contributed by atoms with Crippen molar-refractivity contribution in [3.8, 4) is 17.1 Å². The van der Waals surface area contributed by atoms with E-state index in [-0.39, 0.29) is 22.8 Å². The number of nitro benzene ring substituents is 1. The lowest BCUT2D eigenvalue weighted by molar-refractivity contribution is -0.384. The van der Waals surface area contributed by atoms with E-state index in [1.54, 1.807) is 42.5 Å². The van der Waals surface area contributed by atoms with Crippen molar-refractivity contribution >= 4 is 34.0 Å². The third kappa shape index (κ3) is 4.24. The van der Waals surface area contributed by atoms with Gasteiger partial charge in [0.25, 0.3) is 5.69 Å². The van der Waals surface area contributed by atoms with E-state index in [1.165, 1.54) is 18.2 Å². The quantitative estimate of drug-likeness (QED) is 0.216. The molecule has 0 unspecified atom stereocenters. The van der Waals surface area contributed by atoms with Crippen LogP contribution in [0.1, 0.15) is 15.9 Å². The van der Waals surface area contributed by atoms with Gasteiger partial charge in [0.2, 0.25) is 11.2 Å². The van der Waals surface area contributed by atoms with E-state index >= 15 is 0 Å². The van der Waals surface area contributed by atoms with Gasteiger partial charge in [0.1, 0.15) is 5.58 Å². The summed E-state index contributed by atoms with van der Waals surface area (Å²) < 4.78 is 11.6. The Labute approximate surface area is 187 Å². The molecule has 0 saturated heterocycles. The first kappa shape index (κ1) is 21.3. The zero-order valence-corrected chi connectivity index (χ0v) is 17.6. The number of ketones is 1. The minimum atomic E-state index is -0.587. The van der Waals surface area contributed by atoms with Gasteiger partial charge < -0.3 is 9.15 Å². The Morgan fingerprint density at radius 3 is 2.56 bits per heavy atom. The van der Waals surface area contributed by atoms with Gasteiger partial charge in [-0.15, -0.1) is 0 Å². The maximum Gasteiger partial charge on any atom is 0.270 e. The summed E-state index contributed by atoms with van der Waals surface area (Å²) in [5.74, 6) is -0.474. The second-order valence-corrected chi connectivity index (χ2v) is 7.55. The largest absolute Gasteiger partial charge is 0.478 e. The van der Waals surface area contributed by atoms with Crippen LogP contribution >= 0.6 is 11.6 Å². The van der Waals surface area contributed by atoms with Gasteiger partial charge in [-0.3, -0.25) is 19.7 Å². The number of nitro groups is 1. The number of hydrogen-bond donors (Lipinski definition) is 0. The maximum atomic E-state index is 13.2. The number of benzene rings is 3. The highest BCUT2D eigenvalue weighted by Crippen LogP contribution is 2.32. The molecule has 7 nitrogen and oxygen atoms in total. The normalized spacial score (nSPS) is 10.8. The molecule has 3 aromatic carbocycles. The summed E-state index contributed by atoms with van der Waals surface area (Å²) in [5, 5.41) is 11.8. The molecule has 0 amide bonds. The molecular weight excluding hydrogens is 434 g/mol. The van der Waals surface area contributed by atoms with Gasteiger partial charge >= 0.3 is 0 Å². The van der Waals surface area contributed by atoms with Crippen LogP contribution in [0.2, 0.25) is 5.02 Å². The lowest BCUT2D eigenvalue weighted by Gasteiger charge is -2.12. The number of carbonyl (C=O) groups is 1. The Bertz CT molecular complexity index is 1410. The molecule has 32 heavy (non-hydrogen) atoms. The first-order valence-corrected chi connectivity index (χ1v) is 9.95. The van der Waals surface area contributed by atoms with Gasteiger partial charge in [-0.1, -0.05) is 29.8 Å². The molecule has 1 aromatic heterocycles. The summed E-state index contributed by atoms with van der Waals surface area (Å²) in [6.45, 7) is 1.38. The molecule has 4 rings (SSSR count).